The van der Waals surface area contributed by atoms with E-state index in [-0.39, 0.29) is 0 Å². The summed E-state index contributed by atoms with van der Waals surface area (Å²) in [6, 6.07) is 0. The zero-order chi connectivity index (χ0) is 11.8. The molecule has 2 saturated heterocycles. The van der Waals surface area contributed by atoms with Crippen molar-refractivity contribution >= 4 is 0 Å². The molecule has 2 heterocycles. The van der Waals surface area contributed by atoms with Gasteiger partial charge in [0.2, 0.25) is 0 Å². The van der Waals surface area contributed by atoms with Crippen molar-refractivity contribution in [2.24, 2.45) is 16.7 Å². The molecular weight excluding hydrogens is 196 g/mol. The van der Waals surface area contributed by atoms with Crippen LogP contribution in [0.5, 0.6) is 0 Å². The van der Waals surface area contributed by atoms with Crippen LogP contribution in [0.4, 0.5) is 0 Å². The molecule has 16 heavy (non-hydrogen) atoms. The lowest BCUT2D eigenvalue weighted by Crippen LogP contribution is -2.56. The molecule has 1 N–H and O–H groups in total. The monoisotopic (exact) mass is 224 g/mol. The second-order valence-electron chi connectivity index (χ2n) is 7.32. The quantitative estimate of drug-likeness (QED) is 0.774. The summed E-state index contributed by atoms with van der Waals surface area (Å²) < 4.78 is 0. The molecule has 0 spiro atoms. The van der Waals surface area contributed by atoms with Crippen LogP contribution in [-0.2, 0) is 0 Å². The minimum atomic E-state index is 0.505. The minimum Gasteiger partial charge on any atom is -0.317 e. The Morgan fingerprint density at radius 1 is 1.19 bits per heavy atom. The van der Waals surface area contributed by atoms with Crippen LogP contribution >= 0.6 is 0 Å². The number of nitrogens with one attached hydrogen (secondary N) is 1. The van der Waals surface area contributed by atoms with Gasteiger partial charge in [0.15, 0.2) is 0 Å². The summed E-state index contributed by atoms with van der Waals surface area (Å²) in [6.07, 6.45) is 2.70. The maximum absolute atomic E-state index is 3.46. The average Bonchev–Trinajstić information content (AvgIpc) is 2.10. The first-order chi connectivity index (χ1) is 7.39. The van der Waals surface area contributed by atoms with E-state index in [4.69, 9.17) is 0 Å². The zero-order valence-electron chi connectivity index (χ0n) is 11.5. The summed E-state index contributed by atoms with van der Waals surface area (Å²) in [6.45, 7) is 16.0. The van der Waals surface area contributed by atoms with Gasteiger partial charge in [0.05, 0.1) is 0 Å². The molecule has 0 aromatic heterocycles. The molecule has 0 atom stereocenters. The highest BCUT2D eigenvalue weighted by molar-refractivity contribution is 4.92. The Morgan fingerprint density at radius 3 is 2.25 bits per heavy atom. The van der Waals surface area contributed by atoms with E-state index in [1.54, 1.807) is 0 Å². The first kappa shape index (κ1) is 12.4. The fourth-order valence-corrected chi connectivity index (χ4v) is 2.97. The molecule has 0 amide bonds. The minimum absolute atomic E-state index is 0.505. The van der Waals surface area contributed by atoms with Crippen molar-refractivity contribution in [1.82, 2.24) is 10.2 Å². The van der Waals surface area contributed by atoms with Crippen LogP contribution in [0.2, 0.25) is 0 Å². The van der Waals surface area contributed by atoms with Gasteiger partial charge in [-0.1, -0.05) is 27.7 Å². The number of hydrogen-bond donors (Lipinski definition) is 1. The molecule has 0 saturated carbocycles. The molecule has 0 aromatic rings. The third kappa shape index (κ3) is 2.78. The highest BCUT2D eigenvalue weighted by atomic mass is 15.2. The predicted molar refractivity (Wildman–Crippen MR) is 69.6 cm³/mol. The first-order valence-electron chi connectivity index (χ1n) is 6.82. The van der Waals surface area contributed by atoms with E-state index in [1.807, 2.05) is 0 Å². The zero-order valence-corrected chi connectivity index (χ0v) is 11.5. The molecule has 0 bridgehead atoms. The van der Waals surface area contributed by atoms with Gasteiger partial charge in [0, 0.05) is 19.6 Å². The molecule has 2 aliphatic rings. The summed E-state index contributed by atoms with van der Waals surface area (Å²) in [5, 5.41) is 3.46. The highest BCUT2D eigenvalue weighted by Crippen LogP contribution is 2.37. The molecule has 2 nitrogen and oxygen atoms in total. The molecule has 2 rings (SSSR count). The summed E-state index contributed by atoms with van der Waals surface area (Å²) in [5.41, 5.74) is 1.08. The van der Waals surface area contributed by atoms with Gasteiger partial charge in [-0.25, -0.2) is 0 Å². The smallest absolute Gasteiger partial charge is 0.00365 e. The Labute approximate surface area is 101 Å². The molecule has 2 fully saturated rings. The van der Waals surface area contributed by atoms with Crippen LogP contribution in [0.3, 0.4) is 0 Å². The highest BCUT2D eigenvalue weighted by Gasteiger charge is 2.39. The third-order valence-electron chi connectivity index (χ3n) is 4.60. The molecule has 0 unspecified atom stereocenters. The van der Waals surface area contributed by atoms with E-state index in [1.165, 1.54) is 45.6 Å². The summed E-state index contributed by atoms with van der Waals surface area (Å²) in [4.78, 5) is 2.67. The van der Waals surface area contributed by atoms with Gasteiger partial charge in [-0.15, -0.1) is 0 Å². The van der Waals surface area contributed by atoms with Crippen LogP contribution in [0.1, 0.15) is 40.5 Å². The molecule has 0 radical (unpaired) electrons. The van der Waals surface area contributed by atoms with Gasteiger partial charge >= 0.3 is 0 Å². The van der Waals surface area contributed by atoms with E-state index in [2.05, 4.69) is 37.9 Å². The van der Waals surface area contributed by atoms with E-state index >= 15 is 0 Å². The maximum atomic E-state index is 3.46. The van der Waals surface area contributed by atoms with Crippen LogP contribution < -0.4 is 5.32 Å². The van der Waals surface area contributed by atoms with Crippen molar-refractivity contribution in [3.05, 3.63) is 0 Å². The normalized spacial score (nSPS) is 27.8. The second kappa shape index (κ2) is 4.30. The molecule has 2 aliphatic heterocycles. The summed E-state index contributed by atoms with van der Waals surface area (Å²) >= 11 is 0. The number of likely N-dealkylation sites (tertiary alicyclic amines) is 1. The molecule has 0 aliphatic carbocycles. The Kier molecular flexibility index (Phi) is 3.33. The largest absolute Gasteiger partial charge is 0.317 e. The Morgan fingerprint density at radius 2 is 1.75 bits per heavy atom. The lowest BCUT2D eigenvalue weighted by Gasteiger charge is -2.50. The summed E-state index contributed by atoms with van der Waals surface area (Å²) in [5.74, 6) is 0.915. The van der Waals surface area contributed by atoms with E-state index in [0.717, 1.165) is 5.92 Å². The standard InChI is InChI=1S/C14H28N2/c1-13(2,3)12-9-16(10-12)11-14(4)5-7-15-8-6-14/h12,15H,5-11H2,1-4H3. The van der Waals surface area contributed by atoms with Crippen molar-refractivity contribution < 1.29 is 0 Å². The Hall–Kier alpha value is -0.0800. The van der Waals surface area contributed by atoms with Crippen molar-refractivity contribution in [3.8, 4) is 0 Å². The fraction of sp³-hybridized carbons (Fsp3) is 1.00. The van der Waals surface area contributed by atoms with Crippen molar-refractivity contribution in [1.29, 1.82) is 0 Å². The number of rotatable bonds is 2. The maximum Gasteiger partial charge on any atom is 0.00365 e. The fourth-order valence-electron chi connectivity index (χ4n) is 2.97. The molecular formula is C14H28N2. The van der Waals surface area contributed by atoms with E-state index < -0.39 is 0 Å². The van der Waals surface area contributed by atoms with Crippen molar-refractivity contribution in [2.75, 3.05) is 32.7 Å². The lowest BCUT2D eigenvalue weighted by atomic mass is 9.73. The van der Waals surface area contributed by atoms with E-state index in [9.17, 15) is 0 Å². The van der Waals surface area contributed by atoms with Crippen LogP contribution in [0.25, 0.3) is 0 Å². The van der Waals surface area contributed by atoms with Gasteiger partial charge in [-0.2, -0.15) is 0 Å². The molecule has 94 valence electrons. The van der Waals surface area contributed by atoms with Gasteiger partial charge in [0.1, 0.15) is 0 Å². The molecule has 2 heteroatoms. The van der Waals surface area contributed by atoms with Crippen LogP contribution in [-0.4, -0.2) is 37.6 Å². The predicted octanol–water partition coefficient (Wildman–Crippen LogP) is 2.35. The van der Waals surface area contributed by atoms with Gasteiger partial charge < -0.3 is 10.2 Å². The lowest BCUT2D eigenvalue weighted by molar-refractivity contribution is -0.00938. The second-order valence-corrected chi connectivity index (χ2v) is 7.32. The average molecular weight is 224 g/mol. The first-order valence-corrected chi connectivity index (χ1v) is 6.82. The summed E-state index contributed by atoms with van der Waals surface area (Å²) in [7, 11) is 0. The Bertz CT molecular complexity index is 230. The van der Waals surface area contributed by atoms with Crippen LogP contribution in [0.15, 0.2) is 0 Å². The van der Waals surface area contributed by atoms with Crippen LogP contribution in [0, 0.1) is 16.7 Å². The van der Waals surface area contributed by atoms with E-state index in [0.29, 0.717) is 10.8 Å². The number of hydrogen-bond acceptors (Lipinski definition) is 2. The molecule has 0 aromatic carbocycles. The van der Waals surface area contributed by atoms with Gasteiger partial charge in [0.25, 0.3) is 0 Å². The van der Waals surface area contributed by atoms with Crippen molar-refractivity contribution in [3.63, 3.8) is 0 Å². The number of piperidine rings is 1. The SMILES string of the molecule is CC1(CN2CC(C(C)(C)C)C2)CCNCC1. The van der Waals surface area contributed by atoms with Gasteiger partial charge in [-0.3, -0.25) is 0 Å². The number of nitrogens with zero attached hydrogens (tertiary/aromatic N) is 1. The third-order valence-corrected chi connectivity index (χ3v) is 4.60. The van der Waals surface area contributed by atoms with Gasteiger partial charge in [-0.05, 0) is 42.7 Å². The topological polar surface area (TPSA) is 15.3 Å². The Balaban J connectivity index is 1.76. The van der Waals surface area contributed by atoms with Crippen molar-refractivity contribution in [2.45, 2.75) is 40.5 Å².